The van der Waals surface area contributed by atoms with Crippen LogP contribution in [0.1, 0.15) is 38.3 Å². The second kappa shape index (κ2) is 5.79. The first-order valence-electron chi connectivity index (χ1n) is 7.53. The summed E-state index contributed by atoms with van der Waals surface area (Å²) < 4.78 is 1.92. The van der Waals surface area contributed by atoms with E-state index in [4.69, 9.17) is 0 Å². The van der Waals surface area contributed by atoms with Crippen LogP contribution in [0.2, 0.25) is 0 Å². The van der Waals surface area contributed by atoms with Crippen molar-refractivity contribution >= 4 is 11.3 Å². The molecule has 1 fully saturated rings. The average molecular weight is 273 g/mol. The minimum Gasteiger partial charge on any atom is -0.368 e. The van der Waals surface area contributed by atoms with E-state index >= 15 is 0 Å². The normalized spacial score (nSPS) is 19.1. The summed E-state index contributed by atoms with van der Waals surface area (Å²) in [6.07, 6.45) is 6.21. The molecule has 0 amide bonds. The van der Waals surface area contributed by atoms with E-state index in [1.165, 1.54) is 19.4 Å². The third-order valence-electron chi connectivity index (χ3n) is 4.01. The van der Waals surface area contributed by atoms with Crippen LogP contribution in [-0.4, -0.2) is 34.2 Å². The molecule has 20 heavy (non-hydrogen) atoms. The predicted octanol–water partition coefficient (Wildman–Crippen LogP) is 2.26. The standard InChI is InChI=1S/C15H23N5/c1-11(2)13-9-14-15(18-7-8-20(14)19-13)17-6-4-12-3-5-16-10-12/h7-9,11-12,16H,3-6,10H2,1-2H3,(H,17,18). The summed E-state index contributed by atoms with van der Waals surface area (Å²) in [7, 11) is 0. The Kier molecular flexibility index (Phi) is 3.87. The molecule has 3 heterocycles. The third-order valence-corrected chi connectivity index (χ3v) is 4.01. The maximum Gasteiger partial charge on any atom is 0.152 e. The zero-order valence-corrected chi connectivity index (χ0v) is 12.3. The molecule has 0 aromatic carbocycles. The van der Waals surface area contributed by atoms with Crippen LogP contribution in [0.4, 0.5) is 5.82 Å². The molecule has 2 N–H and O–H groups in total. The van der Waals surface area contributed by atoms with Gasteiger partial charge in [0.25, 0.3) is 0 Å². The van der Waals surface area contributed by atoms with Gasteiger partial charge in [0.05, 0.1) is 5.69 Å². The molecular formula is C15H23N5. The highest BCUT2D eigenvalue weighted by Crippen LogP contribution is 2.20. The van der Waals surface area contributed by atoms with Gasteiger partial charge in [0.2, 0.25) is 0 Å². The third kappa shape index (κ3) is 2.77. The largest absolute Gasteiger partial charge is 0.368 e. The van der Waals surface area contributed by atoms with Gasteiger partial charge in [0, 0.05) is 18.9 Å². The van der Waals surface area contributed by atoms with Crippen LogP contribution in [0.25, 0.3) is 5.52 Å². The molecule has 5 heteroatoms. The summed E-state index contributed by atoms with van der Waals surface area (Å²) in [5, 5.41) is 11.5. The zero-order valence-electron chi connectivity index (χ0n) is 12.3. The molecule has 1 atom stereocenters. The molecule has 0 spiro atoms. The lowest BCUT2D eigenvalue weighted by molar-refractivity contribution is 0.549. The Bertz CT molecular complexity index is 569. The first-order chi connectivity index (χ1) is 9.74. The predicted molar refractivity (Wildman–Crippen MR) is 81.2 cm³/mol. The van der Waals surface area contributed by atoms with Crippen molar-refractivity contribution in [2.45, 2.75) is 32.6 Å². The fraction of sp³-hybridized carbons (Fsp3) is 0.600. The highest BCUT2D eigenvalue weighted by molar-refractivity contribution is 5.67. The molecule has 1 aliphatic heterocycles. The number of nitrogens with zero attached hydrogens (tertiary/aromatic N) is 3. The average Bonchev–Trinajstić information content (AvgIpc) is 3.07. The number of nitrogens with one attached hydrogen (secondary N) is 2. The Morgan fingerprint density at radius 3 is 3.15 bits per heavy atom. The van der Waals surface area contributed by atoms with E-state index in [2.05, 4.69) is 40.6 Å². The van der Waals surface area contributed by atoms with Crippen molar-refractivity contribution in [3.05, 3.63) is 24.2 Å². The Hall–Kier alpha value is -1.62. The summed E-state index contributed by atoms with van der Waals surface area (Å²) in [6, 6.07) is 2.14. The van der Waals surface area contributed by atoms with E-state index in [9.17, 15) is 0 Å². The number of hydrogen-bond donors (Lipinski definition) is 2. The molecule has 0 bridgehead atoms. The van der Waals surface area contributed by atoms with E-state index in [1.807, 2.05) is 16.9 Å². The van der Waals surface area contributed by atoms with Gasteiger partial charge in [-0.05, 0) is 43.8 Å². The smallest absolute Gasteiger partial charge is 0.152 e. The number of fused-ring (bicyclic) bond motifs is 1. The molecule has 0 radical (unpaired) electrons. The lowest BCUT2D eigenvalue weighted by Gasteiger charge is -2.10. The second-order valence-electron chi connectivity index (χ2n) is 5.90. The lowest BCUT2D eigenvalue weighted by Crippen LogP contribution is -2.13. The Balaban J connectivity index is 1.70. The van der Waals surface area contributed by atoms with Gasteiger partial charge in [-0.15, -0.1) is 0 Å². The van der Waals surface area contributed by atoms with E-state index in [-0.39, 0.29) is 0 Å². The van der Waals surface area contributed by atoms with E-state index in [0.717, 1.165) is 36.0 Å². The first-order valence-corrected chi connectivity index (χ1v) is 7.53. The van der Waals surface area contributed by atoms with Crippen LogP contribution < -0.4 is 10.6 Å². The van der Waals surface area contributed by atoms with Crippen molar-refractivity contribution in [1.82, 2.24) is 19.9 Å². The van der Waals surface area contributed by atoms with Gasteiger partial charge in [-0.25, -0.2) is 9.50 Å². The molecule has 1 unspecified atom stereocenters. The molecule has 108 valence electrons. The Morgan fingerprint density at radius 1 is 1.50 bits per heavy atom. The fourth-order valence-corrected chi connectivity index (χ4v) is 2.71. The van der Waals surface area contributed by atoms with Gasteiger partial charge in [-0.2, -0.15) is 5.10 Å². The van der Waals surface area contributed by atoms with E-state index < -0.39 is 0 Å². The minimum atomic E-state index is 0.437. The van der Waals surface area contributed by atoms with Crippen molar-refractivity contribution in [3.63, 3.8) is 0 Å². The molecule has 2 aromatic heterocycles. The summed E-state index contributed by atoms with van der Waals surface area (Å²) in [5.74, 6) is 2.18. The van der Waals surface area contributed by atoms with Gasteiger partial charge >= 0.3 is 0 Å². The Morgan fingerprint density at radius 2 is 2.40 bits per heavy atom. The van der Waals surface area contributed by atoms with Gasteiger partial charge < -0.3 is 10.6 Å². The topological polar surface area (TPSA) is 54.2 Å². The molecule has 1 saturated heterocycles. The number of hydrogen-bond acceptors (Lipinski definition) is 4. The summed E-state index contributed by atoms with van der Waals surface area (Å²) >= 11 is 0. The SMILES string of the molecule is CC(C)c1cc2c(NCCC3CCNC3)nccn2n1. The van der Waals surface area contributed by atoms with Gasteiger partial charge in [0.1, 0.15) is 5.52 Å². The highest BCUT2D eigenvalue weighted by atomic mass is 15.2. The van der Waals surface area contributed by atoms with Crippen molar-refractivity contribution in [2.75, 3.05) is 25.0 Å². The van der Waals surface area contributed by atoms with Crippen LogP contribution in [0, 0.1) is 5.92 Å². The first kappa shape index (κ1) is 13.4. The zero-order chi connectivity index (χ0) is 13.9. The minimum absolute atomic E-state index is 0.437. The van der Waals surface area contributed by atoms with Crippen LogP contribution in [0.3, 0.4) is 0 Å². The van der Waals surface area contributed by atoms with Crippen molar-refractivity contribution in [1.29, 1.82) is 0 Å². The van der Waals surface area contributed by atoms with Gasteiger partial charge in [0.15, 0.2) is 5.82 Å². The van der Waals surface area contributed by atoms with Crippen LogP contribution in [0.5, 0.6) is 0 Å². The maximum absolute atomic E-state index is 4.59. The monoisotopic (exact) mass is 273 g/mol. The van der Waals surface area contributed by atoms with Crippen LogP contribution in [-0.2, 0) is 0 Å². The van der Waals surface area contributed by atoms with Crippen molar-refractivity contribution < 1.29 is 0 Å². The van der Waals surface area contributed by atoms with Gasteiger partial charge in [-0.3, -0.25) is 0 Å². The number of anilines is 1. The summed E-state index contributed by atoms with van der Waals surface area (Å²) in [5.41, 5.74) is 2.18. The summed E-state index contributed by atoms with van der Waals surface area (Å²) in [4.78, 5) is 4.46. The van der Waals surface area contributed by atoms with E-state index in [1.54, 1.807) is 0 Å². The van der Waals surface area contributed by atoms with Crippen molar-refractivity contribution in [3.8, 4) is 0 Å². The molecule has 5 nitrogen and oxygen atoms in total. The van der Waals surface area contributed by atoms with Crippen molar-refractivity contribution in [2.24, 2.45) is 5.92 Å². The van der Waals surface area contributed by atoms with Crippen LogP contribution in [0.15, 0.2) is 18.5 Å². The molecule has 0 aliphatic carbocycles. The van der Waals surface area contributed by atoms with E-state index in [0.29, 0.717) is 5.92 Å². The Labute approximate surface area is 119 Å². The molecule has 2 aromatic rings. The van der Waals surface area contributed by atoms with Crippen LogP contribution >= 0.6 is 0 Å². The summed E-state index contributed by atoms with van der Waals surface area (Å²) in [6.45, 7) is 7.62. The molecule has 3 rings (SSSR count). The molecule has 1 aliphatic rings. The highest BCUT2D eigenvalue weighted by Gasteiger charge is 2.14. The number of rotatable bonds is 5. The maximum atomic E-state index is 4.59. The lowest BCUT2D eigenvalue weighted by atomic mass is 10.1. The number of aromatic nitrogens is 3. The van der Waals surface area contributed by atoms with Gasteiger partial charge in [-0.1, -0.05) is 13.8 Å². The second-order valence-corrected chi connectivity index (χ2v) is 5.90. The molecule has 0 saturated carbocycles. The molecular weight excluding hydrogens is 250 g/mol. The quantitative estimate of drug-likeness (QED) is 0.877. The fourth-order valence-electron chi connectivity index (χ4n) is 2.71.